The van der Waals surface area contributed by atoms with E-state index in [1.54, 1.807) is 6.92 Å². The molecule has 0 aliphatic carbocycles. The predicted octanol–water partition coefficient (Wildman–Crippen LogP) is 2.12. The minimum absolute atomic E-state index is 0.435. The summed E-state index contributed by atoms with van der Waals surface area (Å²) in [6.45, 7) is 9.15. The van der Waals surface area contributed by atoms with Crippen molar-refractivity contribution >= 4 is 0 Å². The summed E-state index contributed by atoms with van der Waals surface area (Å²) >= 11 is -1.75. The van der Waals surface area contributed by atoms with Gasteiger partial charge in [-0.25, -0.2) is 5.26 Å². The van der Waals surface area contributed by atoms with Crippen LogP contribution in [0.15, 0.2) is 0 Å². The molecule has 121 valence electrons. The van der Waals surface area contributed by atoms with Crippen molar-refractivity contribution in [1.82, 2.24) is 0 Å². The molecule has 0 saturated carbocycles. The van der Waals surface area contributed by atoms with Gasteiger partial charge in [0.1, 0.15) is 6.10 Å². The second-order valence-corrected chi connectivity index (χ2v) is 4.28. The molecular formula is C12H27O7Ti. The average molecular weight is 331 g/mol. The van der Waals surface area contributed by atoms with Gasteiger partial charge in [-0.05, 0) is 26.2 Å². The van der Waals surface area contributed by atoms with Gasteiger partial charge in [-0.15, -0.1) is 0 Å². The molecule has 0 bridgehead atoms. The van der Waals surface area contributed by atoms with Crippen LogP contribution >= 0.6 is 0 Å². The van der Waals surface area contributed by atoms with Gasteiger partial charge in [0.2, 0.25) is 0 Å². The quantitative estimate of drug-likeness (QED) is 0.259. The Balaban J connectivity index is 0. The zero-order chi connectivity index (χ0) is 15.9. The summed E-state index contributed by atoms with van der Waals surface area (Å²) in [5.41, 5.74) is 0. The first-order chi connectivity index (χ1) is 9.58. The Hall–Kier alpha value is 0.274. The summed E-state index contributed by atoms with van der Waals surface area (Å²) < 4.78 is 32.2. The first kappa shape index (κ1) is 22.6. The number of hydrogen-bond donors (Lipinski definition) is 2. The Morgan fingerprint density at radius 3 is 1.75 bits per heavy atom. The molecule has 0 aromatic heterocycles. The summed E-state index contributed by atoms with van der Waals surface area (Å²) in [6.07, 6.45) is 2.00. The van der Waals surface area contributed by atoms with Crippen LogP contribution in [-0.2, 0) is 41.9 Å². The van der Waals surface area contributed by atoms with Gasteiger partial charge in [0, 0.05) is 6.61 Å². The maximum absolute atomic E-state index is 9.07. The molecule has 1 unspecified atom stereocenters. The topological polar surface area (TPSA) is 94.5 Å². The van der Waals surface area contributed by atoms with E-state index in [-0.39, 0.29) is 0 Å². The fraction of sp³-hybridized carbons (Fsp3) is 1.00. The van der Waals surface area contributed by atoms with Gasteiger partial charge >= 0.3 is 32.5 Å². The molecule has 0 aromatic rings. The van der Waals surface area contributed by atoms with Gasteiger partial charge < -0.3 is 14.2 Å². The van der Waals surface area contributed by atoms with Crippen LogP contribution in [0.2, 0.25) is 0 Å². The summed E-state index contributed by atoms with van der Waals surface area (Å²) in [4.78, 5) is 4.43. The fourth-order valence-electron chi connectivity index (χ4n) is 1.29. The van der Waals surface area contributed by atoms with Crippen molar-refractivity contribution in [2.45, 2.75) is 59.0 Å². The molecule has 0 fully saturated rings. The van der Waals surface area contributed by atoms with Gasteiger partial charge in [0.25, 0.3) is 0 Å². The van der Waals surface area contributed by atoms with Crippen LogP contribution in [0, 0.1) is 0 Å². The minimum atomic E-state index is -1.75. The molecule has 7 nitrogen and oxygen atoms in total. The molecule has 20 heavy (non-hydrogen) atoms. The van der Waals surface area contributed by atoms with E-state index in [4.69, 9.17) is 26.5 Å². The predicted molar refractivity (Wildman–Crippen MR) is 67.5 cm³/mol. The van der Waals surface area contributed by atoms with Gasteiger partial charge in [0.15, 0.2) is 0 Å². The van der Waals surface area contributed by atoms with E-state index in [2.05, 4.69) is 4.89 Å². The van der Waals surface area contributed by atoms with Crippen LogP contribution in [0.4, 0.5) is 0 Å². The standard InChI is InChI=1S/C12H26O5.H2O.O.Ti/c1-5-8-14-11(4)12(17-13,15-9-6-2)16-10-7-3;;;/h11,13H,5-10H2,1-4H3;1H2;;/q;;;+1/p-1. The molecule has 0 spiro atoms. The molecule has 0 saturated heterocycles. The third-order valence-corrected chi connectivity index (χ3v) is 2.21. The first-order valence-corrected chi connectivity index (χ1v) is 8.15. The molecule has 1 atom stereocenters. The van der Waals surface area contributed by atoms with Gasteiger partial charge in [-0.1, -0.05) is 20.8 Å². The molecule has 0 rings (SSSR count). The van der Waals surface area contributed by atoms with Crippen molar-refractivity contribution < 1.29 is 50.9 Å². The van der Waals surface area contributed by atoms with E-state index in [0.29, 0.717) is 19.8 Å². The Morgan fingerprint density at radius 2 is 1.45 bits per heavy atom. The van der Waals surface area contributed by atoms with Gasteiger partial charge in [-0.3, -0.25) is 0 Å². The number of rotatable bonds is 11. The number of ether oxygens (including phenoxy) is 3. The van der Waals surface area contributed by atoms with Crippen molar-refractivity contribution in [2.75, 3.05) is 19.8 Å². The third kappa shape index (κ3) is 10.1. The number of hydrogen-bond acceptors (Lipinski definition) is 6. The van der Waals surface area contributed by atoms with E-state index in [9.17, 15) is 0 Å². The van der Waals surface area contributed by atoms with Crippen molar-refractivity contribution in [3.63, 3.8) is 0 Å². The molecule has 0 aromatic carbocycles. The fourth-order valence-corrected chi connectivity index (χ4v) is 1.29. The molecular weight excluding hydrogens is 304 g/mol. The van der Waals surface area contributed by atoms with Crippen LogP contribution in [0.5, 0.6) is 0 Å². The normalized spacial score (nSPS) is 12.3. The van der Waals surface area contributed by atoms with E-state index >= 15 is 0 Å². The molecule has 0 aliphatic heterocycles. The van der Waals surface area contributed by atoms with Crippen molar-refractivity contribution in [2.24, 2.45) is 0 Å². The molecule has 8 heteroatoms. The second kappa shape index (κ2) is 15.7. The summed E-state index contributed by atoms with van der Waals surface area (Å²) in [5, 5.41) is 9.07. The molecule has 0 heterocycles. The molecule has 0 radical (unpaired) electrons. The Bertz CT molecular complexity index is 208. The van der Waals surface area contributed by atoms with Crippen LogP contribution < -0.4 is 0 Å². The SMILES string of the molecule is CCCOC(C)C(OO)(OCCC)OCCC.[O]=[Ti][OH]. The van der Waals surface area contributed by atoms with Crippen LogP contribution in [0.25, 0.3) is 0 Å². The maximum atomic E-state index is 9.07. The van der Waals surface area contributed by atoms with Crippen LogP contribution in [-0.4, -0.2) is 40.8 Å². The summed E-state index contributed by atoms with van der Waals surface area (Å²) in [7, 11) is 0. The van der Waals surface area contributed by atoms with Crippen molar-refractivity contribution in [3.05, 3.63) is 0 Å². The zero-order valence-electron chi connectivity index (χ0n) is 12.8. The molecule has 0 amide bonds. The van der Waals surface area contributed by atoms with Crippen molar-refractivity contribution in [3.8, 4) is 0 Å². The van der Waals surface area contributed by atoms with Crippen molar-refractivity contribution in [1.29, 1.82) is 0 Å². The van der Waals surface area contributed by atoms with Gasteiger partial charge in [-0.2, -0.15) is 4.89 Å². The third-order valence-electron chi connectivity index (χ3n) is 2.21. The van der Waals surface area contributed by atoms with Crippen LogP contribution in [0.3, 0.4) is 0 Å². The van der Waals surface area contributed by atoms with Gasteiger partial charge in [0.05, 0.1) is 13.2 Å². The molecule has 2 N–H and O–H groups in total. The van der Waals surface area contributed by atoms with E-state index in [1.807, 2.05) is 20.8 Å². The first-order valence-electron chi connectivity index (χ1n) is 6.81. The second-order valence-electron chi connectivity index (χ2n) is 4.00. The van der Waals surface area contributed by atoms with E-state index < -0.39 is 31.6 Å². The van der Waals surface area contributed by atoms with E-state index in [0.717, 1.165) is 19.3 Å². The summed E-state index contributed by atoms with van der Waals surface area (Å²) in [6, 6.07) is 0. The Kier molecular flexibility index (Phi) is 17.7. The Labute approximate surface area is 130 Å². The average Bonchev–Trinajstić information content (AvgIpc) is 2.46. The monoisotopic (exact) mass is 331 g/mol. The van der Waals surface area contributed by atoms with E-state index in [1.165, 1.54) is 0 Å². The Morgan fingerprint density at radius 1 is 1.05 bits per heavy atom. The summed E-state index contributed by atoms with van der Waals surface area (Å²) in [5.74, 6) is -1.51. The molecule has 0 aliphatic rings. The van der Waals surface area contributed by atoms with Crippen LogP contribution in [0.1, 0.15) is 47.0 Å². The zero-order valence-corrected chi connectivity index (χ0v) is 14.3.